The molecule has 0 aliphatic carbocycles. The van der Waals surface area contributed by atoms with Crippen LogP contribution in [0, 0.1) is 10.1 Å². The van der Waals surface area contributed by atoms with E-state index in [0.717, 1.165) is 12.3 Å². The maximum absolute atomic E-state index is 10.6. The number of halogens is 1. The van der Waals surface area contributed by atoms with Crippen LogP contribution in [-0.2, 0) is 0 Å². The van der Waals surface area contributed by atoms with E-state index in [2.05, 4.69) is 10.2 Å². The quantitative estimate of drug-likeness (QED) is 0.314. The largest absolute Gasteiger partial charge is 0.502 e. The zero-order valence-electron chi connectivity index (χ0n) is 8.37. The number of nitro benzene ring substituents is 1. The Bertz CT molecular complexity index is 510. The summed E-state index contributed by atoms with van der Waals surface area (Å²) in [6.45, 7) is 0. The molecule has 17 heavy (non-hydrogen) atoms. The Labute approximate surface area is 100 Å². The highest BCUT2D eigenvalue weighted by atomic mass is 35.5. The van der Waals surface area contributed by atoms with Crippen LogP contribution in [0.25, 0.3) is 0 Å². The normalized spacial score (nSPS) is 10.4. The predicted octanol–water partition coefficient (Wildman–Crippen LogP) is 0.561. The second-order valence-corrected chi connectivity index (χ2v) is 3.33. The second-order valence-electron chi connectivity index (χ2n) is 2.89. The Hall–Kier alpha value is -2.35. The van der Waals surface area contributed by atoms with Gasteiger partial charge in [0.05, 0.1) is 11.1 Å². The van der Waals surface area contributed by atoms with E-state index in [4.69, 9.17) is 23.1 Å². The highest BCUT2D eigenvalue weighted by molar-refractivity contribution is 6.31. The molecule has 0 spiro atoms. The fourth-order valence-corrected chi connectivity index (χ4v) is 1.22. The zero-order valence-corrected chi connectivity index (χ0v) is 9.13. The molecular formula is C8H8ClN5O3. The molecule has 5 N–H and O–H groups in total. The summed E-state index contributed by atoms with van der Waals surface area (Å²) >= 11 is 5.65. The van der Waals surface area contributed by atoms with Gasteiger partial charge in [-0.25, -0.2) is 0 Å². The molecule has 0 atom stereocenters. The monoisotopic (exact) mass is 257 g/mol. The number of nitrogens with two attached hydrogens (primary N) is 2. The maximum Gasteiger partial charge on any atom is 0.312 e. The Kier molecular flexibility index (Phi) is 3.83. The Morgan fingerprint density at radius 2 is 2.18 bits per heavy atom. The summed E-state index contributed by atoms with van der Waals surface area (Å²) in [5.74, 6) is -0.841. The van der Waals surface area contributed by atoms with Gasteiger partial charge in [-0.3, -0.25) is 10.1 Å². The summed E-state index contributed by atoms with van der Waals surface area (Å²) in [5.41, 5.74) is 9.55. The van der Waals surface area contributed by atoms with Crippen molar-refractivity contribution in [3.63, 3.8) is 0 Å². The van der Waals surface area contributed by atoms with Gasteiger partial charge in [-0.05, 0) is 6.07 Å². The number of rotatable bonds is 3. The molecule has 1 aromatic carbocycles. The van der Waals surface area contributed by atoms with Crippen LogP contribution in [-0.4, -0.2) is 22.2 Å². The first-order chi connectivity index (χ1) is 7.91. The van der Waals surface area contributed by atoms with Crippen molar-refractivity contribution in [1.29, 1.82) is 0 Å². The summed E-state index contributed by atoms with van der Waals surface area (Å²) in [6, 6.07) is 2.31. The van der Waals surface area contributed by atoms with Crippen molar-refractivity contribution in [1.82, 2.24) is 0 Å². The van der Waals surface area contributed by atoms with E-state index < -0.39 is 16.4 Å². The lowest BCUT2D eigenvalue weighted by Crippen LogP contribution is -2.21. The van der Waals surface area contributed by atoms with Crippen molar-refractivity contribution in [2.24, 2.45) is 21.7 Å². The topological polar surface area (TPSA) is 140 Å². The standard InChI is InChI=1S/C8H8ClN5O3/c9-5-1-4(3-12-13-8(10)11)7(15)6(2-5)14(16)17/h1-3,15H,(H4,10,11,13)/b12-3+. The molecule has 0 aromatic heterocycles. The molecule has 0 heterocycles. The van der Waals surface area contributed by atoms with E-state index >= 15 is 0 Å². The van der Waals surface area contributed by atoms with Gasteiger partial charge in [0.1, 0.15) is 0 Å². The number of nitrogens with zero attached hydrogens (tertiary/aromatic N) is 3. The van der Waals surface area contributed by atoms with Crippen LogP contribution in [0.2, 0.25) is 5.02 Å². The molecule has 0 fully saturated rings. The number of phenolic OH excluding ortho intramolecular Hbond substituents is 1. The lowest BCUT2D eigenvalue weighted by atomic mass is 10.2. The van der Waals surface area contributed by atoms with Crippen molar-refractivity contribution in [2.45, 2.75) is 0 Å². The summed E-state index contributed by atoms with van der Waals surface area (Å²) in [6.07, 6.45) is 1.05. The molecule has 0 unspecified atom stereocenters. The van der Waals surface area contributed by atoms with E-state index in [1.807, 2.05) is 0 Å². The first-order valence-corrected chi connectivity index (χ1v) is 4.58. The second kappa shape index (κ2) is 5.12. The molecule has 0 bridgehead atoms. The fourth-order valence-electron chi connectivity index (χ4n) is 1.00. The average molecular weight is 258 g/mol. The highest BCUT2D eigenvalue weighted by Crippen LogP contribution is 2.32. The van der Waals surface area contributed by atoms with Gasteiger partial charge in [-0.15, -0.1) is 5.10 Å². The van der Waals surface area contributed by atoms with Gasteiger partial charge < -0.3 is 16.6 Å². The number of hydrogen-bond acceptors (Lipinski definition) is 5. The number of guanidine groups is 1. The SMILES string of the molecule is NC(N)=N/N=C/c1cc(Cl)cc([N+](=O)[O-])c1O. The van der Waals surface area contributed by atoms with Gasteiger partial charge in [0.25, 0.3) is 0 Å². The third kappa shape index (κ3) is 3.31. The van der Waals surface area contributed by atoms with Gasteiger partial charge in [0, 0.05) is 16.7 Å². The average Bonchev–Trinajstić information content (AvgIpc) is 2.21. The number of phenols is 1. The van der Waals surface area contributed by atoms with Gasteiger partial charge in [0.15, 0.2) is 0 Å². The number of nitro groups is 1. The van der Waals surface area contributed by atoms with Crippen molar-refractivity contribution in [3.05, 3.63) is 32.8 Å². The van der Waals surface area contributed by atoms with Crippen molar-refractivity contribution in [2.75, 3.05) is 0 Å². The van der Waals surface area contributed by atoms with Crippen molar-refractivity contribution >= 4 is 29.5 Å². The van der Waals surface area contributed by atoms with E-state index in [1.165, 1.54) is 6.07 Å². The fraction of sp³-hybridized carbons (Fsp3) is 0. The van der Waals surface area contributed by atoms with Crippen molar-refractivity contribution in [3.8, 4) is 5.75 Å². The third-order valence-corrected chi connectivity index (χ3v) is 1.87. The molecule has 1 aromatic rings. The van der Waals surface area contributed by atoms with Crippen molar-refractivity contribution < 1.29 is 10.0 Å². The molecule has 0 aliphatic rings. The minimum Gasteiger partial charge on any atom is -0.502 e. The van der Waals surface area contributed by atoms with Gasteiger partial charge in [0.2, 0.25) is 11.7 Å². The lowest BCUT2D eigenvalue weighted by Gasteiger charge is -2.00. The Morgan fingerprint density at radius 3 is 2.71 bits per heavy atom. The van der Waals surface area contributed by atoms with Gasteiger partial charge in [-0.2, -0.15) is 5.10 Å². The van der Waals surface area contributed by atoms with Crippen LogP contribution in [0.3, 0.4) is 0 Å². The summed E-state index contributed by atoms with van der Waals surface area (Å²) in [5, 5.41) is 26.9. The molecule has 0 aliphatic heterocycles. The third-order valence-electron chi connectivity index (χ3n) is 1.65. The summed E-state index contributed by atoms with van der Waals surface area (Å²) < 4.78 is 0. The number of aromatic hydroxyl groups is 1. The minimum atomic E-state index is -0.765. The Morgan fingerprint density at radius 1 is 1.53 bits per heavy atom. The molecule has 0 amide bonds. The highest BCUT2D eigenvalue weighted by Gasteiger charge is 2.17. The summed E-state index contributed by atoms with van der Waals surface area (Å²) in [4.78, 5) is 9.82. The van der Waals surface area contributed by atoms with E-state index in [-0.39, 0.29) is 16.5 Å². The maximum atomic E-state index is 10.6. The van der Waals surface area contributed by atoms with E-state index in [9.17, 15) is 15.2 Å². The molecule has 0 saturated carbocycles. The molecule has 90 valence electrons. The van der Waals surface area contributed by atoms with Crippen LogP contribution in [0.5, 0.6) is 5.75 Å². The molecule has 9 heteroatoms. The van der Waals surface area contributed by atoms with Crippen LogP contribution >= 0.6 is 11.6 Å². The zero-order chi connectivity index (χ0) is 13.0. The van der Waals surface area contributed by atoms with Crippen LogP contribution in [0.1, 0.15) is 5.56 Å². The smallest absolute Gasteiger partial charge is 0.312 e. The number of benzene rings is 1. The first kappa shape index (κ1) is 12.7. The minimum absolute atomic E-state index is 0.0363. The lowest BCUT2D eigenvalue weighted by molar-refractivity contribution is -0.385. The predicted molar refractivity (Wildman–Crippen MR) is 63.2 cm³/mol. The van der Waals surface area contributed by atoms with Gasteiger partial charge in [-0.1, -0.05) is 11.6 Å². The van der Waals surface area contributed by atoms with Crippen LogP contribution in [0.15, 0.2) is 22.3 Å². The first-order valence-electron chi connectivity index (χ1n) is 4.20. The Balaban J connectivity index is 3.21. The van der Waals surface area contributed by atoms with E-state index in [0.29, 0.717) is 0 Å². The molecule has 1 rings (SSSR count). The van der Waals surface area contributed by atoms with E-state index in [1.54, 1.807) is 0 Å². The summed E-state index contributed by atoms with van der Waals surface area (Å²) in [7, 11) is 0. The molecular weight excluding hydrogens is 250 g/mol. The van der Waals surface area contributed by atoms with Crippen LogP contribution in [0.4, 0.5) is 5.69 Å². The number of hydrogen-bond donors (Lipinski definition) is 3. The van der Waals surface area contributed by atoms with Crippen LogP contribution < -0.4 is 11.5 Å². The molecule has 8 nitrogen and oxygen atoms in total. The molecule has 0 saturated heterocycles. The van der Waals surface area contributed by atoms with Gasteiger partial charge >= 0.3 is 5.69 Å². The molecule has 0 radical (unpaired) electrons.